The lowest BCUT2D eigenvalue weighted by Gasteiger charge is -2.36. The van der Waals surface area contributed by atoms with Gasteiger partial charge in [0, 0.05) is 12.5 Å². The molecular formula is C18H28N4O5. The Bertz CT molecular complexity index is 653. The molecular weight excluding hydrogens is 352 g/mol. The van der Waals surface area contributed by atoms with Crippen molar-refractivity contribution in [1.29, 1.82) is 0 Å². The van der Waals surface area contributed by atoms with Crippen molar-refractivity contribution in [3.05, 3.63) is 11.5 Å². The van der Waals surface area contributed by atoms with Crippen LogP contribution in [0, 0.1) is 19.8 Å². The number of hydrogen-bond donors (Lipinski definition) is 4. The van der Waals surface area contributed by atoms with Gasteiger partial charge in [-0.15, -0.1) is 0 Å². The molecule has 27 heavy (non-hydrogen) atoms. The fourth-order valence-corrected chi connectivity index (χ4v) is 3.33. The largest absolute Gasteiger partial charge is 0.394 e. The van der Waals surface area contributed by atoms with E-state index in [1.807, 2.05) is 0 Å². The van der Waals surface area contributed by atoms with E-state index >= 15 is 0 Å². The van der Waals surface area contributed by atoms with Crippen LogP contribution in [0.1, 0.15) is 43.6 Å². The third kappa shape index (κ3) is 5.20. The molecule has 1 saturated carbocycles. The van der Waals surface area contributed by atoms with Crippen molar-refractivity contribution < 1.29 is 24.0 Å². The summed E-state index contributed by atoms with van der Waals surface area (Å²) in [5.74, 6) is 0.863. The van der Waals surface area contributed by atoms with Crippen molar-refractivity contribution in [3.8, 4) is 0 Å². The summed E-state index contributed by atoms with van der Waals surface area (Å²) in [6, 6.07) is -0.667. The number of aliphatic hydroxyl groups is 1. The maximum atomic E-state index is 12.3. The van der Waals surface area contributed by atoms with Crippen LogP contribution >= 0.6 is 0 Å². The maximum absolute atomic E-state index is 12.3. The van der Waals surface area contributed by atoms with E-state index in [0.717, 1.165) is 19.3 Å². The van der Waals surface area contributed by atoms with Gasteiger partial charge in [-0.1, -0.05) is 5.16 Å². The number of aromatic nitrogens is 1. The first-order valence-electron chi connectivity index (χ1n) is 9.52. The lowest BCUT2D eigenvalue weighted by atomic mass is 9.97. The number of nitrogens with one attached hydrogen (secondary N) is 3. The number of carbonyl (C=O) groups is 2. The summed E-state index contributed by atoms with van der Waals surface area (Å²) in [5.41, 5.74) is 1.16. The SMILES string of the molecule is Cc1noc(C)c1NC(=O)N[C@H]1CC[C@H](CCNC(=O)C2CC2)O[C@H]1CO. The molecule has 0 spiro atoms. The van der Waals surface area contributed by atoms with Crippen molar-refractivity contribution in [1.82, 2.24) is 15.8 Å². The molecule has 9 heteroatoms. The monoisotopic (exact) mass is 380 g/mol. The van der Waals surface area contributed by atoms with E-state index in [4.69, 9.17) is 9.26 Å². The number of amides is 3. The molecule has 3 atom stereocenters. The second kappa shape index (κ2) is 8.71. The summed E-state index contributed by atoms with van der Waals surface area (Å²) in [6.07, 6.45) is 3.62. The molecule has 4 N–H and O–H groups in total. The number of ether oxygens (including phenoxy) is 1. The fourth-order valence-electron chi connectivity index (χ4n) is 3.33. The Morgan fingerprint density at radius 2 is 2.00 bits per heavy atom. The van der Waals surface area contributed by atoms with E-state index in [1.54, 1.807) is 13.8 Å². The van der Waals surface area contributed by atoms with Gasteiger partial charge in [-0.2, -0.15) is 0 Å². The minimum absolute atomic E-state index is 0.0367. The smallest absolute Gasteiger partial charge is 0.319 e. The Morgan fingerprint density at radius 1 is 1.22 bits per heavy atom. The number of aliphatic hydroxyl groups excluding tert-OH is 1. The van der Waals surface area contributed by atoms with Gasteiger partial charge >= 0.3 is 6.03 Å². The fraction of sp³-hybridized carbons (Fsp3) is 0.722. The Morgan fingerprint density at radius 3 is 2.63 bits per heavy atom. The number of aryl methyl sites for hydroxylation is 2. The topological polar surface area (TPSA) is 126 Å². The summed E-state index contributed by atoms with van der Waals surface area (Å²) >= 11 is 0. The van der Waals surface area contributed by atoms with Crippen LogP contribution in [-0.2, 0) is 9.53 Å². The first-order valence-corrected chi connectivity index (χ1v) is 9.52. The Balaban J connectivity index is 1.43. The zero-order valence-corrected chi connectivity index (χ0v) is 15.8. The van der Waals surface area contributed by atoms with E-state index in [9.17, 15) is 14.7 Å². The molecule has 0 bridgehead atoms. The summed E-state index contributed by atoms with van der Waals surface area (Å²) in [4.78, 5) is 23.9. The molecule has 0 radical (unpaired) electrons. The van der Waals surface area contributed by atoms with Crippen LogP contribution in [0.25, 0.3) is 0 Å². The lowest BCUT2D eigenvalue weighted by molar-refractivity contribution is -0.122. The summed E-state index contributed by atoms with van der Waals surface area (Å²) in [6.45, 7) is 3.87. The minimum atomic E-state index is -0.474. The van der Waals surface area contributed by atoms with Crippen LogP contribution in [0.4, 0.5) is 10.5 Å². The van der Waals surface area contributed by atoms with Gasteiger partial charge in [-0.05, 0) is 46.0 Å². The molecule has 1 aromatic rings. The van der Waals surface area contributed by atoms with Crippen molar-refractivity contribution >= 4 is 17.6 Å². The van der Waals surface area contributed by atoms with Crippen molar-refractivity contribution in [2.75, 3.05) is 18.5 Å². The highest BCUT2D eigenvalue weighted by atomic mass is 16.5. The molecule has 2 heterocycles. The van der Waals surface area contributed by atoms with Crippen molar-refractivity contribution in [3.63, 3.8) is 0 Å². The molecule has 2 aliphatic rings. The molecule has 1 aliphatic carbocycles. The highest BCUT2D eigenvalue weighted by Gasteiger charge is 2.33. The van der Waals surface area contributed by atoms with E-state index < -0.39 is 6.10 Å². The van der Waals surface area contributed by atoms with Crippen LogP contribution in [0.3, 0.4) is 0 Å². The number of carbonyl (C=O) groups excluding carboxylic acids is 2. The average Bonchev–Trinajstić information content (AvgIpc) is 3.45. The van der Waals surface area contributed by atoms with Gasteiger partial charge < -0.3 is 30.3 Å². The Kier molecular flexibility index (Phi) is 6.33. The van der Waals surface area contributed by atoms with E-state index in [1.165, 1.54) is 0 Å². The van der Waals surface area contributed by atoms with Crippen molar-refractivity contribution in [2.45, 2.75) is 64.2 Å². The Labute approximate surface area is 158 Å². The third-order valence-corrected chi connectivity index (χ3v) is 5.10. The maximum Gasteiger partial charge on any atom is 0.319 e. The molecule has 3 rings (SSSR count). The molecule has 2 fully saturated rings. The minimum Gasteiger partial charge on any atom is -0.394 e. The number of urea groups is 1. The number of hydrogen-bond acceptors (Lipinski definition) is 6. The van der Waals surface area contributed by atoms with Gasteiger partial charge in [0.1, 0.15) is 17.5 Å². The zero-order chi connectivity index (χ0) is 19.4. The van der Waals surface area contributed by atoms with Crippen LogP contribution in [0.2, 0.25) is 0 Å². The van der Waals surface area contributed by atoms with Crippen LogP contribution in [0.5, 0.6) is 0 Å². The quantitative estimate of drug-likeness (QED) is 0.564. The van der Waals surface area contributed by atoms with E-state index in [2.05, 4.69) is 21.1 Å². The van der Waals surface area contributed by atoms with Crippen LogP contribution < -0.4 is 16.0 Å². The molecule has 1 saturated heterocycles. The van der Waals surface area contributed by atoms with Gasteiger partial charge in [0.2, 0.25) is 5.91 Å². The number of rotatable bonds is 7. The lowest BCUT2D eigenvalue weighted by Crippen LogP contribution is -2.52. The third-order valence-electron chi connectivity index (χ3n) is 5.10. The Hall–Kier alpha value is -2.13. The predicted molar refractivity (Wildman–Crippen MR) is 97.3 cm³/mol. The van der Waals surface area contributed by atoms with E-state index in [-0.39, 0.29) is 36.6 Å². The van der Waals surface area contributed by atoms with Gasteiger partial charge in [-0.3, -0.25) is 4.79 Å². The van der Waals surface area contributed by atoms with E-state index in [0.29, 0.717) is 36.5 Å². The van der Waals surface area contributed by atoms with Gasteiger partial charge in [0.05, 0.1) is 18.8 Å². The summed E-state index contributed by atoms with van der Waals surface area (Å²) < 4.78 is 10.9. The second-order valence-corrected chi connectivity index (χ2v) is 7.31. The summed E-state index contributed by atoms with van der Waals surface area (Å²) in [7, 11) is 0. The molecule has 1 aromatic heterocycles. The van der Waals surface area contributed by atoms with Crippen LogP contribution in [-0.4, -0.2) is 53.6 Å². The first-order chi connectivity index (χ1) is 13.0. The molecule has 9 nitrogen and oxygen atoms in total. The normalized spacial score (nSPS) is 25.1. The van der Waals surface area contributed by atoms with Crippen molar-refractivity contribution in [2.24, 2.45) is 5.92 Å². The highest BCUT2D eigenvalue weighted by molar-refractivity contribution is 5.90. The summed E-state index contributed by atoms with van der Waals surface area (Å²) in [5, 5.41) is 22.0. The first kappa shape index (κ1) is 19.6. The van der Waals surface area contributed by atoms with Gasteiger partial charge in [0.25, 0.3) is 0 Å². The molecule has 150 valence electrons. The molecule has 0 aromatic carbocycles. The predicted octanol–water partition coefficient (Wildman–Crippen LogP) is 1.24. The second-order valence-electron chi connectivity index (χ2n) is 7.31. The number of nitrogens with zero attached hydrogens (tertiary/aromatic N) is 1. The van der Waals surface area contributed by atoms with Crippen LogP contribution in [0.15, 0.2) is 4.52 Å². The van der Waals surface area contributed by atoms with Gasteiger partial charge in [0.15, 0.2) is 5.76 Å². The van der Waals surface area contributed by atoms with Gasteiger partial charge in [-0.25, -0.2) is 4.79 Å². The zero-order valence-electron chi connectivity index (χ0n) is 15.8. The average molecular weight is 380 g/mol. The molecule has 0 unspecified atom stereocenters. The highest BCUT2D eigenvalue weighted by Crippen LogP contribution is 2.29. The number of anilines is 1. The molecule has 1 aliphatic heterocycles. The molecule has 3 amide bonds. The standard InChI is InChI=1S/C18H28N4O5/c1-10-16(11(2)27-22-10)21-18(25)20-14-6-5-13(26-15(14)9-23)7-8-19-17(24)12-3-4-12/h12-15,23H,3-9H2,1-2H3,(H,19,24)(H2,20,21,25)/t13-,14+,15+/m1/s1.